The van der Waals surface area contributed by atoms with E-state index in [0.717, 1.165) is 17.6 Å². The first-order valence-corrected chi connectivity index (χ1v) is 8.65. The van der Waals surface area contributed by atoms with Crippen molar-refractivity contribution in [3.63, 3.8) is 0 Å². The minimum atomic E-state index is 0.0616. The summed E-state index contributed by atoms with van der Waals surface area (Å²) in [4.78, 5) is 4.80. The van der Waals surface area contributed by atoms with Crippen LogP contribution < -0.4 is 5.32 Å². The number of nitrogens with zero attached hydrogens (tertiary/aromatic N) is 1. The van der Waals surface area contributed by atoms with Crippen LogP contribution in [0.5, 0.6) is 0 Å². The monoisotopic (exact) mass is 282 g/mol. The van der Waals surface area contributed by atoms with Gasteiger partial charge in [-0.2, -0.15) is 0 Å². The number of ether oxygens (including phenoxy) is 1. The summed E-state index contributed by atoms with van der Waals surface area (Å²) in [6, 6.07) is 0. The lowest BCUT2D eigenvalue weighted by molar-refractivity contribution is -0.0629. The SMILES string of the molecule is COC1(CN=C2NC3(CCC(C)CC3)CS2)CCC1. The molecule has 0 radical (unpaired) electrons. The van der Waals surface area contributed by atoms with E-state index in [1.54, 1.807) is 0 Å². The minimum Gasteiger partial charge on any atom is -0.376 e. The fourth-order valence-corrected chi connectivity index (χ4v) is 4.61. The van der Waals surface area contributed by atoms with Crippen LogP contribution in [-0.2, 0) is 4.74 Å². The van der Waals surface area contributed by atoms with Gasteiger partial charge in [-0.25, -0.2) is 0 Å². The van der Waals surface area contributed by atoms with Crippen LogP contribution >= 0.6 is 11.8 Å². The Bertz CT molecular complexity index is 352. The lowest BCUT2D eigenvalue weighted by Crippen LogP contribution is -2.47. The number of hydrogen-bond donors (Lipinski definition) is 1. The van der Waals surface area contributed by atoms with Crippen LogP contribution in [0.1, 0.15) is 51.9 Å². The molecule has 3 fully saturated rings. The minimum absolute atomic E-state index is 0.0616. The topological polar surface area (TPSA) is 33.6 Å². The van der Waals surface area contributed by atoms with Gasteiger partial charge in [0.15, 0.2) is 5.17 Å². The van der Waals surface area contributed by atoms with Gasteiger partial charge in [0.05, 0.1) is 12.1 Å². The molecule has 0 amide bonds. The van der Waals surface area contributed by atoms with Crippen molar-refractivity contribution in [2.24, 2.45) is 10.9 Å². The van der Waals surface area contributed by atoms with Gasteiger partial charge in [-0.15, -0.1) is 0 Å². The average Bonchev–Trinajstić information content (AvgIpc) is 2.77. The van der Waals surface area contributed by atoms with Gasteiger partial charge in [0.2, 0.25) is 0 Å². The van der Waals surface area contributed by atoms with Crippen molar-refractivity contribution in [3.8, 4) is 0 Å². The molecule has 1 aliphatic heterocycles. The van der Waals surface area contributed by atoms with Crippen molar-refractivity contribution in [1.82, 2.24) is 5.32 Å². The van der Waals surface area contributed by atoms with Gasteiger partial charge in [-0.1, -0.05) is 18.7 Å². The molecule has 4 heteroatoms. The predicted octanol–water partition coefficient (Wildman–Crippen LogP) is 3.20. The van der Waals surface area contributed by atoms with Crippen LogP contribution in [0.3, 0.4) is 0 Å². The molecule has 19 heavy (non-hydrogen) atoms. The second-order valence-electron chi connectivity index (χ2n) is 6.74. The van der Waals surface area contributed by atoms with Crippen molar-refractivity contribution in [2.45, 2.75) is 63.0 Å². The lowest BCUT2D eigenvalue weighted by atomic mass is 9.78. The first kappa shape index (κ1) is 13.7. The number of nitrogens with one attached hydrogen (secondary N) is 1. The number of rotatable bonds is 3. The zero-order valence-electron chi connectivity index (χ0n) is 12.2. The molecule has 1 heterocycles. The zero-order valence-corrected chi connectivity index (χ0v) is 13.0. The maximum atomic E-state index is 5.64. The third-order valence-electron chi connectivity index (χ3n) is 5.30. The molecule has 1 N–H and O–H groups in total. The molecule has 2 saturated carbocycles. The Hall–Kier alpha value is -0.220. The molecule has 0 atom stereocenters. The molecule has 3 nitrogen and oxygen atoms in total. The molecule has 0 aromatic carbocycles. The summed E-state index contributed by atoms with van der Waals surface area (Å²) in [6.45, 7) is 3.22. The van der Waals surface area contributed by atoms with Crippen LogP contribution in [0.4, 0.5) is 0 Å². The largest absolute Gasteiger partial charge is 0.376 e. The van der Waals surface area contributed by atoms with E-state index in [4.69, 9.17) is 9.73 Å². The van der Waals surface area contributed by atoms with E-state index in [9.17, 15) is 0 Å². The summed E-state index contributed by atoms with van der Waals surface area (Å²) in [7, 11) is 1.83. The van der Waals surface area contributed by atoms with Crippen molar-refractivity contribution in [1.29, 1.82) is 0 Å². The molecule has 2 aliphatic carbocycles. The van der Waals surface area contributed by atoms with Crippen LogP contribution in [0.2, 0.25) is 0 Å². The Morgan fingerprint density at radius 3 is 2.63 bits per heavy atom. The molecule has 0 unspecified atom stereocenters. The van der Waals surface area contributed by atoms with E-state index >= 15 is 0 Å². The number of aliphatic imine (C=N–C) groups is 1. The summed E-state index contributed by atoms with van der Waals surface area (Å²) < 4.78 is 5.64. The second-order valence-corrected chi connectivity index (χ2v) is 7.70. The van der Waals surface area contributed by atoms with Gasteiger partial charge in [0.1, 0.15) is 0 Å². The zero-order chi connectivity index (χ0) is 13.3. The highest BCUT2D eigenvalue weighted by atomic mass is 32.2. The Morgan fingerprint density at radius 1 is 1.32 bits per heavy atom. The van der Waals surface area contributed by atoms with Crippen LogP contribution in [0.25, 0.3) is 0 Å². The normalized spacial score (nSPS) is 39.3. The fourth-order valence-electron chi connectivity index (χ4n) is 3.39. The quantitative estimate of drug-likeness (QED) is 0.863. The summed E-state index contributed by atoms with van der Waals surface area (Å²) in [5.74, 6) is 2.11. The van der Waals surface area contributed by atoms with Crippen LogP contribution in [0.15, 0.2) is 4.99 Å². The summed E-state index contributed by atoms with van der Waals surface area (Å²) >= 11 is 1.92. The first-order chi connectivity index (χ1) is 9.15. The number of thioether (sulfide) groups is 1. The molecule has 0 bridgehead atoms. The fraction of sp³-hybridized carbons (Fsp3) is 0.933. The molecular formula is C15H26N2OS. The second kappa shape index (κ2) is 5.28. The highest BCUT2D eigenvalue weighted by Crippen LogP contribution is 2.39. The molecule has 0 aromatic rings. The highest BCUT2D eigenvalue weighted by molar-refractivity contribution is 8.14. The maximum Gasteiger partial charge on any atom is 0.157 e. The standard InChI is InChI=1S/C15H26N2OS/c1-12-4-8-14(9-5-12)11-19-13(17-14)16-10-15(18-2)6-3-7-15/h12H,3-11H2,1-2H3,(H,16,17). The van der Waals surface area contributed by atoms with E-state index in [-0.39, 0.29) is 5.60 Å². The molecule has 1 saturated heterocycles. The van der Waals surface area contributed by atoms with Gasteiger partial charge in [0.25, 0.3) is 0 Å². The summed E-state index contributed by atoms with van der Waals surface area (Å²) in [5.41, 5.74) is 0.419. The summed E-state index contributed by atoms with van der Waals surface area (Å²) in [5, 5.41) is 4.89. The predicted molar refractivity (Wildman–Crippen MR) is 81.8 cm³/mol. The van der Waals surface area contributed by atoms with Gasteiger partial charge in [0, 0.05) is 18.4 Å². The van der Waals surface area contributed by atoms with E-state index in [2.05, 4.69) is 12.2 Å². The number of hydrogen-bond acceptors (Lipinski definition) is 3. The van der Waals surface area contributed by atoms with E-state index in [1.807, 2.05) is 18.9 Å². The van der Waals surface area contributed by atoms with Crippen molar-refractivity contribution >= 4 is 16.9 Å². The third kappa shape index (κ3) is 2.80. The molecular weight excluding hydrogens is 256 g/mol. The molecule has 3 aliphatic rings. The number of amidine groups is 1. The third-order valence-corrected chi connectivity index (χ3v) is 6.50. The van der Waals surface area contributed by atoms with Gasteiger partial charge in [-0.05, 0) is 50.9 Å². The van der Waals surface area contributed by atoms with Crippen LogP contribution in [-0.4, -0.2) is 35.7 Å². The van der Waals surface area contributed by atoms with Crippen molar-refractivity contribution in [3.05, 3.63) is 0 Å². The van der Waals surface area contributed by atoms with Gasteiger partial charge < -0.3 is 10.1 Å². The van der Waals surface area contributed by atoms with Crippen molar-refractivity contribution < 1.29 is 4.74 Å². The molecule has 1 spiro atoms. The van der Waals surface area contributed by atoms with Gasteiger partial charge in [-0.3, -0.25) is 4.99 Å². The Balaban J connectivity index is 1.56. The lowest BCUT2D eigenvalue weighted by Gasteiger charge is -2.39. The maximum absolute atomic E-state index is 5.64. The molecule has 0 aromatic heterocycles. The highest BCUT2D eigenvalue weighted by Gasteiger charge is 2.41. The van der Waals surface area contributed by atoms with E-state index in [0.29, 0.717) is 5.54 Å². The first-order valence-electron chi connectivity index (χ1n) is 7.66. The van der Waals surface area contributed by atoms with E-state index in [1.165, 1.54) is 50.7 Å². The average molecular weight is 282 g/mol. The van der Waals surface area contributed by atoms with Crippen LogP contribution in [0, 0.1) is 5.92 Å². The molecule has 108 valence electrons. The smallest absolute Gasteiger partial charge is 0.157 e. The number of methoxy groups -OCH3 is 1. The Kier molecular flexibility index (Phi) is 3.82. The Morgan fingerprint density at radius 2 is 2.05 bits per heavy atom. The Labute approximate surface area is 121 Å². The van der Waals surface area contributed by atoms with E-state index < -0.39 is 0 Å². The van der Waals surface area contributed by atoms with Crippen molar-refractivity contribution in [2.75, 3.05) is 19.4 Å². The summed E-state index contributed by atoms with van der Waals surface area (Å²) in [6.07, 6.45) is 9.00. The van der Waals surface area contributed by atoms with Gasteiger partial charge >= 0.3 is 0 Å². The molecule has 3 rings (SSSR count).